The number of nitrogens with zero attached hydrogens (tertiary/aromatic N) is 1. The second-order valence-corrected chi connectivity index (χ2v) is 11.0. The maximum absolute atomic E-state index is 14.1. The van der Waals surface area contributed by atoms with E-state index in [0.29, 0.717) is 22.1 Å². The first-order valence-electron chi connectivity index (χ1n) is 14.6. The normalized spacial score (nSPS) is 12.4. The summed E-state index contributed by atoms with van der Waals surface area (Å²) in [5.41, 5.74) is 7.62. The van der Waals surface area contributed by atoms with Gasteiger partial charge in [-0.1, -0.05) is 55.8 Å². The Kier molecular flexibility index (Phi) is 12.7. The lowest BCUT2D eigenvalue weighted by molar-refractivity contribution is 0.101. The third-order valence-electron chi connectivity index (χ3n) is 7.66. The van der Waals surface area contributed by atoms with Crippen LogP contribution in [-0.4, -0.2) is 10.8 Å². The number of halogens is 3. The Morgan fingerprint density at radius 3 is 1.84 bits per heavy atom. The van der Waals surface area contributed by atoms with Crippen molar-refractivity contribution in [1.29, 1.82) is 0 Å². The number of pyridine rings is 1. The number of carbonyl (C=O) groups excluding carboxylic acids is 1. The molecule has 2 nitrogen and oxygen atoms in total. The zero-order chi connectivity index (χ0) is 32.5. The van der Waals surface area contributed by atoms with Gasteiger partial charge in [-0.15, -0.1) is 0 Å². The predicted molar refractivity (Wildman–Crippen MR) is 174 cm³/mol. The van der Waals surface area contributed by atoms with Gasteiger partial charge in [0.1, 0.15) is 17.5 Å². The molecule has 1 saturated carbocycles. The van der Waals surface area contributed by atoms with Crippen molar-refractivity contribution in [3.63, 3.8) is 0 Å². The summed E-state index contributed by atoms with van der Waals surface area (Å²) in [6.07, 6.45) is 4.44. The van der Waals surface area contributed by atoms with E-state index >= 15 is 0 Å². The number of hydrogen-bond donors (Lipinski definition) is 0. The molecule has 0 N–H and O–H groups in total. The molecular weight excluding hydrogens is 543 g/mol. The van der Waals surface area contributed by atoms with Gasteiger partial charge in [-0.05, 0) is 119 Å². The Labute approximate surface area is 255 Å². The van der Waals surface area contributed by atoms with E-state index in [2.05, 4.69) is 32.0 Å². The van der Waals surface area contributed by atoms with Crippen LogP contribution in [0.2, 0.25) is 0 Å². The number of carbonyl (C=O) groups is 1. The van der Waals surface area contributed by atoms with E-state index in [1.165, 1.54) is 62.1 Å². The van der Waals surface area contributed by atoms with Gasteiger partial charge in [-0.3, -0.25) is 9.78 Å². The Hall–Kier alpha value is -3.99. The largest absolute Gasteiger partial charge is 0.294 e. The van der Waals surface area contributed by atoms with Crippen molar-refractivity contribution >= 4 is 16.7 Å². The SMILES string of the molecule is C=C(C)C1(C(=C)C)CC1.CC.CC(=O)c1cc2nccc(Cc3cc(F)c(C)cc3F)c2cc1C.Cc1ccc(F)cc1. The molecule has 0 radical (unpaired) electrons. The van der Waals surface area contributed by atoms with E-state index in [9.17, 15) is 18.0 Å². The quantitative estimate of drug-likeness (QED) is 0.172. The Bertz CT molecular complexity index is 1560. The average Bonchev–Trinajstić information content (AvgIpc) is 3.78. The molecule has 1 aromatic heterocycles. The van der Waals surface area contributed by atoms with Gasteiger partial charge >= 0.3 is 0 Å². The maximum Gasteiger partial charge on any atom is 0.160 e. The molecule has 0 amide bonds. The van der Waals surface area contributed by atoms with Crippen molar-refractivity contribution < 1.29 is 18.0 Å². The molecular formula is C38H44F3NO. The summed E-state index contributed by atoms with van der Waals surface area (Å²) in [5.74, 6) is -1.03. The first-order chi connectivity index (χ1) is 20.2. The minimum atomic E-state index is -0.420. The van der Waals surface area contributed by atoms with E-state index in [1.54, 1.807) is 30.5 Å². The van der Waals surface area contributed by atoms with Crippen LogP contribution in [0.25, 0.3) is 10.9 Å². The molecule has 3 aromatic carbocycles. The van der Waals surface area contributed by atoms with Gasteiger partial charge in [0, 0.05) is 29.0 Å². The summed E-state index contributed by atoms with van der Waals surface area (Å²) in [6, 6.07) is 14.3. The van der Waals surface area contributed by atoms with Gasteiger partial charge in [0.2, 0.25) is 0 Å². The van der Waals surface area contributed by atoms with E-state index in [-0.39, 0.29) is 23.6 Å². The van der Waals surface area contributed by atoms with Crippen molar-refractivity contribution in [2.75, 3.05) is 0 Å². The number of hydrogen-bond acceptors (Lipinski definition) is 2. The molecule has 0 spiro atoms. The topological polar surface area (TPSA) is 30.0 Å². The molecule has 1 aliphatic rings. The molecule has 0 saturated heterocycles. The zero-order valence-corrected chi connectivity index (χ0v) is 26.8. The summed E-state index contributed by atoms with van der Waals surface area (Å²) in [6.45, 7) is 22.9. The zero-order valence-electron chi connectivity index (χ0n) is 26.8. The number of aryl methyl sites for hydroxylation is 3. The van der Waals surface area contributed by atoms with E-state index < -0.39 is 11.6 Å². The number of aromatic nitrogens is 1. The smallest absolute Gasteiger partial charge is 0.160 e. The van der Waals surface area contributed by atoms with Gasteiger partial charge < -0.3 is 0 Å². The van der Waals surface area contributed by atoms with Gasteiger partial charge in [0.25, 0.3) is 0 Å². The molecule has 5 heteroatoms. The number of rotatable bonds is 5. The van der Waals surface area contributed by atoms with Crippen LogP contribution in [-0.2, 0) is 6.42 Å². The van der Waals surface area contributed by atoms with Crippen LogP contribution in [0.4, 0.5) is 13.2 Å². The summed E-state index contributed by atoms with van der Waals surface area (Å²) < 4.78 is 40.0. The van der Waals surface area contributed by atoms with Crippen molar-refractivity contribution in [1.82, 2.24) is 4.98 Å². The lowest BCUT2D eigenvalue weighted by Crippen LogP contribution is -2.00. The van der Waals surface area contributed by atoms with Crippen LogP contribution < -0.4 is 0 Å². The first-order valence-corrected chi connectivity index (χ1v) is 14.6. The fourth-order valence-electron chi connectivity index (χ4n) is 4.80. The van der Waals surface area contributed by atoms with Crippen LogP contribution in [0, 0.1) is 43.6 Å². The minimum absolute atomic E-state index is 0.0201. The fraction of sp³-hybridized carbons (Fsp3) is 0.316. The molecule has 4 aromatic rings. The molecule has 0 aliphatic heterocycles. The third kappa shape index (κ3) is 9.25. The summed E-state index contributed by atoms with van der Waals surface area (Å²) in [4.78, 5) is 16.0. The second kappa shape index (κ2) is 15.5. The number of ketones is 1. The predicted octanol–water partition coefficient (Wildman–Crippen LogP) is 11.0. The summed E-state index contributed by atoms with van der Waals surface area (Å²) in [5, 5.41) is 0.848. The molecule has 1 fully saturated rings. The van der Waals surface area contributed by atoms with Crippen molar-refractivity contribution in [3.05, 3.63) is 136 Å². The number of benzene rings is 3. The molecule has 1 heterocycles. The van der Waals surface area contributed by atoms with Gasteiger partial charge in [-0.2, -0.15) is 0 Å². The third-order valence-corrected chi connectivity index (χ3v) is 7.66. The molecule has 228 valence electrons. The highest BCUT2D eigenvalue weighted by molar-refractivity contribution is 5.99. The highest BCUT2D eigenvalue weighted by Gasteiger charge is 2.43. The van der Waals surface area contributed by atoms with Crippen LogP contribution in [0.3, 0.4) is 0 Å². The standard InChI is InChI=1S/C20H17F2NO.C9H14.C7H7F.C2H6/c1-11-6-17-14(4-5-23-20(17)10-16(11)13(3)24)8-15-9-18(21)12(2)7-19(15)22;1-7(2)9(5-6-9)8(3)4;1-6-2-4-7(8)5-3-6;1-2/h4-7,9-10H,8H2,1-3H3;1,3,5-6H2,2,4H3;2-5H,1H3;1-2H3. The molecule has 5 rings (SSSR count). The van der Waals surface area contributed by atoms with Gasteiger partial charge in [0.05, 0.1) is 5.52 Å². The minimum Gasteiger partial charge on any atom is -0.294 e. The fourth-order valence-corrected chi connectivity index (χ4v) is 4.80. The van der Waals surface area contributed by atoms with Crippen molar-refractivity contribution in [2.45, 2.75) is 74.7 Å². The Balaban J connectivity index is 0.000000277. The molecule has 0 unspecified atom stereocenters. The molecule has 43 heavy (non-hydrogen) atoms. The lowest BCUT2D eigenvalue weighted by atomic mass is 9.92. The first kappa shape index (κ1) is 35.2. The molecule has 1 aliphatic carbocycles. The number of allylic oxidation sites excluding steroid dienone is 2. The van der Waals surface area contributed by atoms with E-state index in [4.69, 9.17) is 0 Å². The second-order valence-electron chi connectivity index (χ2n) is 11.0. The Morgan fingerprint density at radius 2 is 1.37 bits per heavy atom. The van der Waals surface area contributed by atoms with Crippen LogP contribution in [0.1, 0.15) is 85.6 Å². The lowest BCUT2D eigenvalue weighted by Gasteiger charge is -2.13. The van der Waals surface area contributed by atoms with Crippen LogP contribution in [0.15, 0.2) is 85.1 Å². The molecule has 0 atom stereocenters. The van der Waals surface area contributed by atoms with E-state index in [1.807, 2.05) is 33.8 Å². The summed E-state index contributed by atoms with van der Waals surface area (Å²) in [7, 11) is 0. The number of Topliss-reactive ketones (excluding diaryl/α,β-unsaturated/α-hetero) is 1. The summed E-state index contributed by atoms with van der Waals surface area (Å²) >= 11 is 0. The van der Waals surface area contributed by atoms with E-state index in [0.717, 1.165) is 22.1 Å². The Morgan fingerprint density at radius 1 is 0.791 bits per heavy atom. The van der Waals surface area contributed by atoms with Crippen molar-refractivity contribution in [2.24, 2.45) is 5.41 Å². The maximum atomic E-state index is 14.1. The van der Waals surface area contributed by atoms with Crippen LogP contribution in [0.5, 0.6) is 0 Å². The van der Waals surface area contributed by atoms with Crippen molar-refractivity contribution in [3.8, 4) is 0 Å². The molecule has 0 bridgehead atoms. The monoisotopic (exact) mass is 587 g/mol. The highest BCUT2D eigenvalue weighted by Crippen LogP contribution is 2.55. The van der Waals surface area contributed by atoms with Gasteiger partial charge in [0.15, 0.2) is 5.78 Å². The van der Waals surface area contributed by atoms with Gasteiger partial charge in [-0.25, -0.2) is 13.2 Å². The number of fused-ring (bicyclic) bond motifs is 1. The average molecular weight is 588 g/mol. The highest BCUT2D eigenvalue weighted by atomic mass is 19.1. The van der Waals surface area contributed by atoms with Crippen LogP contribution >= 0.6 is 0 Å².